The van der Waals surface area contributed by atoms with Crippen molar-refractivity contribution in [2.45, 2.75) is 431 Å². The van der Waals surface area contributed by atoms with Crippen LogP contribution < -0.4 is 0 Å². The molecule has 0 aliphatic carbocycles. The minimum atomic E-state index is -4.98. The smallest absolute Gasteiger partial charge is 0.462 e. The molecule has 0 bridgehead atoms. The molecule has 0 aromatic heterocycles. The van der Waals surface area contributed by atoms with E-state index in [1.807, 2.05) is 12.2 Å². The van der Waals surface area contributed by atoms with Crippen LogP contribution in [-0.2, 0) is 65.4 Å². The van der Waals surface area contributed by atoms with Gasteiger partial charge in [0.15, 0.2) is 12.2 Å². The molecule has 0 aliphatic heterocycles. The van der Waals surface area contributed by atoms with E-state index in [4.69, 9.17) is 37.0 Å². The molecule has 0 heterocycles. The van der Waals surface area contributed by atoms with Gasteiger partial charge in [0.2, 0.25) is 0 Å². The predicted octanol–water partition coefficient (Wildman–Crippen LogP) is 25.2. The van der Waals surface area contributed by atoms with Crippen molar-refractivity contribution in [3.8, 4) is 0 Å². The topological polar surface area (TPSA) is 237 Å². The van der Waals surface area contributed by atoms with E-state index in [0.717, 1.165) is 96.3 Å². The zero-order chi connectivity index (χ0) is 76.0. The molecule has 0 spiro atoms. The molecule has 0 fully saturated rings. The molecule has 19 heteroatoms. The van der Waals surface area contributed by atoms with Crippen LogP contribution in [0.1, 0.15) is 413 Å². The lowest BCUT2D eigenvalue weighted by molar-refractivity contribution is -0.161. The predicted molar refractivity (Wildman–Crippen MR) is 427 cm³/mol. The lowest BCUT2D eigenvalue weighted by Gasteiger charge is -2.21. The van der Waals surface area contributed by atoms with Gasteiger partial charge < -0.3 is 33.8 Å². The largest absolute Gasteiger partial charge is 0.472 e. The van der Waals surface area contributed by atoms with Gasteiger partial charge in [0.1, 0.15) is 19.3 Å². The molecule has 0 saturated carbocycles. The van der Waals surface area contributed by atoms with Gasteiger partial charge in [0.05, 0.1) is 26.4 Å². The lowest BCUT2D eigenvalue weighted by Crippen LogP contribution is -2.30. The fraction of sp³-hybridized carbons (Fsp3) is 0.859. The SMILES string of the molecule is CCCCC/C=C\C/C=C\C/C=C\C/C=C\CCCC(=O)OC[C@H](COP(=O)(O)OC[C@@H](O)COP(=O)(O)OC[C@@H](COC(=O)CCCCCCCCCCCCCCC)OC(=O)CCCCCCCCCCCCCCCCCCC)OC(=O)CCCCCCCCCCCCCCCCCCC. The second-order valence-corrected chi connectivity index (χ2v) is 32.1. The van der Waals surface area contributed by atoms with Gasteiger partial charge in [-0.25, -0.2) is 9.13 Å². The van der Waals surface area contributed by atoms with Gasteiger partial charge in [0.25, 0.3) is 0 Å². The highest BCUT2D eigenvalue weighted by Crippen LogP contribution is 2.45. The van der Waals surface area contributed by atoms with Crippen LogP contribution in [0.2, 0.25) is 0 Å². The van der Waals surface area contributed by atoms with Gasteiger partial charge in [0, 0.05) is 25.7 Å². The average Bonchev–Trinajstić information content (AvgIpc) is 0.936. The summed E-state index contributed by atoms with van der Waals surface area (Å²) in [6, 6.07) is 0. The summed E-state index contributed by atoms with van der Waals surface area (Å²) in [4.78, 5) is 73.1. The Morgan fingerprint density at radius 3 is 0.760 bits per heavy atom. The number of ether oxygens (including phenoxy) is 4. The van der Waals surface area contributed by atoms with Crippen LogP contribution in [0.25, 0.3) is 0 Å². The number of hydrogen-bond donors (Lipinski definition) is 3. The van der Waals surface area contributed by atoms with E-state index in [9.17, 15) is 43.2 Å². The molecule has 0 saturated heterocycles. The van der Waals surface area contributed by atoms with Crippen molar-refractivity contribution in [3.63, 3.8) is 0 Å². The first-order valence-electron chi connectivity index (χ1n) is 42.9. The highest BCUT2D eigenvalue weighted by molar-refractivity contribution is 7.47. The standard InChI is InChI=1S/C85H158O17P2/c1-5-9-13-17-21-25-29-33-36-39-42-46-50-54-58-62-66-70-83(88)96-76-81(102-85(90)72-68-64-60-56-52-48-44-41-38-35-31-27-23-19-15-11-7-3)78-100-104(93,94)98-74-79(86)73-97-103(91,92)99-77-80(75-95-82(87)69-65-61-57-53-49-45-32-28-24-20-16-12-8-4)101-84(89)71-67-63-59-55-51-47-43-40-37-34-30-26-22-18-14-10-6-2/h21,25,33,36,42,46,54,58,79-81,86H,5-20,22-24,26-32,34-35,37-41,43-45,47-53,55-57,59-78H2,1-4H3,(H,91,92)(H,93,94)/b25-21-,36-33-,46-42-,58-54-/t79-,80+,81+/m0/s1. The van der Waals surface area contributed by atoms with Crippen LogP contribution in [0.5, 0.6) is 0 Å². The van der Waals surface area contributed by atoms with Crippen molar-refractivity contribution in [1.82, 2.24) is 0 Å². The third-order valence-corrected chi connectivity index (χ3v) is 20.7. The number of aliphatic hydroxyl groups is 1. The fourth-order valence-electron chi connectivity index (χ4n) is 12.3. The van der Waals surface area contributed by atoms with Crippen molar-refractivity contribution in [3.05, 3.63) is 48.6 Å². The summed E-state index contributed by atoms with van der Waals surface area (Å²) >= 11 is 0. The molecule has 0 aromatic carbocycles. The number of hydrogen-bond acceptors (Lipinski definition) is 15. The van der Waals surface area contributed by atoms with Gasteiger partial charge in [-0.3, -0.25) is 37.3 Å². The van der Waals surface area contributed by atoms with E-state index in [0.29, 0.717) is 32.1 Å². The first-order chi connectivity index (χ1) is 50.7. The molecule has 5 atom stereocenters. The Morgan fingerprint density at radius 1 is 0.269 bits per heavy atom. The van der Waals surface area contributed by atoms with E-state index in [1.165, 1.54) is 231 Å². The van der Waals surface area contributed by atoms with Crippen molar-refractivity contribution < 1.29 is 80.2 Å². The number of carbonyl (C=O) groups excluding carboxylic acids is 4. The first-order valence-corrected chi connectivity index (χ1v) is 45.9. The maximum atomic E-state index is 13.1. The van der Waals surface area contributed by atoms with E-state index >= 15 is 0 Å². The molecular weight excluding hydrogens is 1350 g/mol. The number of rotatable bonds is 82. The first kappa shape index (κ1) is 101. The Balaban J connectivity index is 5.35. The quantitative estimate of drug-likeness (QED) is 0.0169. The Morgan fingerprint density at radius 2 is 0.481 bits per heavy atom. The third-order valence-electron chi connectivity index (χ3n) is 18.8. The molecule has 0 radical (unpaired) electrons. The van der Waals surface area contributed by atoms with Crippen LogP contribution in [0.4, 0.5) is 0 Å². The van der Waals surface area contributed by atoms with Crippen LogP contribution in [0, 0.1) is 0 Å². The van der Waals surface area contributed by atoms with Gasteiger partial charge in [-0.15, -0.1) is 0 Å². The second-order valence-electron chi connectivity index (χ2n) is 29.2. The zero-order valence-electron chi connectivity index (χ0n) is 67.0. The summed E-state index contributed by atoms with van der Waals surface area (Å²) < 4.78 is 68.8. The van der Waals surface area contributed by atoms with E-state index < -0.39 is 97.5 Å². The molecule has 0 aromatic rings. The highest BCUT2D eigenvalue weighted by atomic mass is 31.2. The number of unbranched alkanes of at least 4 members (excludes halogenated alkanes) is 48. The molecule has 3 N–H and O–H groups in total. The molecule has 17 nitrogen and oxygen atoms in total. The number of aliphatic hydroxyl groups excluding tert-OH is 1. The molecular formula is C85H158O17P2. The zero-order valence-corrected chi connectivity index (χ0v) is 68.8. The Kier molecular flexibility index (Phi) is 75.9. The third kappa shape index (κ3) is 77.2. The number of esters is 4. The normalized spacial score (nSPS) is 14.0. The van der Waals surface area contributed by atoms with Crippen molar-refractivity contribution >= 4 is 39.5 Å². The minimum Gasteiger partial charge on any atom is -0.462 e. The minimum absolute atomic E-state index is 0.0918. The average molecular weight is 1510 g/mol. The lowest BCUT2D eigenvalue weighted by atomic mass is 10.0. The summed E-state index contributed by atoms with van der Waals surface area (Å²) in [7, 11) is -9.95. The summed E-state index contributed by atoms with van der Waals surface area (Å²) in [6.45, 7) is 4.91. The van der Waals surface area contributed by atoms with Crippen LogP contribution in [0.3, 0.4) is 0 Å². The molecule has 0 aliphatic rings. The van der Waals surface area contributed by atoms with Crippen molar-refractivity contribution in [2.24, 2.45) is 0 Å². The van der Waals surface area contributed by atoms with Crippen LogP contribution >= 0.6 is 15.6 Å². The number of carbonyl (C=O) groups is 4. The van der Waals surface area contributed by atoms with Gasteiger partial charge in [-0.2, -0.15) is 0 Å². The fourth-order valence-corrected chi connectivity index (χ4v) is 13.9. The van der Waals surface area contributed by atoms with Crippen LogP contribution in [0.15, 0.2) is 48.6 Å². The summed E-state index contributed by atoms with van der Waals surface area (Å²) in [5.41, 5.74) is 0. The van der Waals surface area contributed by atoms with Crippen molar-refractivity contribution in [2.75, 3.05) is 39.6 Å². The van der Waals surface area contributed by atoms with E-state index in [-0.39, 0.29) is 25.7 Å². The number of phosphoric ester groups is 2. The number of allylic oxidation sites excluding steroid dienone is 8. The Bertz CT molecular complexity index is 2150. The Hall–Kier alpha value is -2.98. The maximum absolute atomic E-state index is 13.1. The molecule has 610 valence electrons. The highest BCUT2D eigenvalue weighted by Gasteiger charge is 2.30. The summed E-state index contributed by atoms with van der Waals surface area (Å²) in [5.74, 6) is -2.19. The van der Waals surface area contributed by atoms with Crippen molar-refractivity contribution in [1.29, 1.82) is 0 Å². The second kappa shape index (κ2) is 78.2. The number of phosphoric acid groups is 2. The van der Waals surface area contributed by atoms with Gasteiger partial charge >= 0.3 is 39.5 Å². The van der Waals surface area contributed by atoms with E-state index in [2.05, 4.69) is 64.2 Å². The van der Waals surface area contributed by atoms with Gasteiger partial charge in [-0.05, 0) is 64.2 Å². The van der Waals surface area contributed by atoms with Crippen LogP contribution in [-0.4, -0.2) is 96.7 Å². The molecule has 2 unspecified atom stereocenters. The summed E-state index contributed by atoms with van der Waals surface area (Å²) in [5, 5.41) is 10.7. The monoisotopic (exact) mass is 1510 g/mol. The molecule has 0 amide bonds. The molecule has 104 heavy (non-hydrogen) atoms. The Labute approximate surface area is 636 Å². The maximum Gasteiger partial charge on any atom is 0.472 e. The van der Waals surface area contributed by atoms with Gasteiger partial charge in [-0.1, -0.05) is 372 Å². The molecule has 0 rings (SSSR count). The summed E-state index contributed by atoms with van der Waals surface area (Å²) in [6.07, 6.45) is 77.9. The van der Waals surface area contributed by atoms with E-state index in [1.54, 1.807) is 0 Å².